The standard InChI is InChI=1S/C24H34N2O5S/c1-23(2)13-19-14-24(3,16-23)17-26(19)32(29,30)20-9-7-8-18(12-20)22(28)31-15-21(27)25-10-5-4-6-11-25/h7-9,12,19H,4-6,10-11,13-17H2,1-3H3. The third-order valence-corrected chi connectivity index (χ3v) is 8.97. The predicted molar refractivity (Wildman–Crippen MR) is 121 cm³/mol. The van der Waals surface area contributed by atoms with Crippen molar-refractivity contribution in [2.75, 3.05) is 26.2 Å². The van der Waals surface area contributed by atoms with Gasteiger partial charge in [-0.2, -0.15) is 4.31 Å². The summed E-state index contributed by atoms with van der Waals surface area (Å²) in [6.07, 6.45) is 5.75. The molecular formula is C24H34N2O5S. The Morgan fingerprint density at radius 2 is 1.81 bits per heavy atom. The van der Waals surface area contributed by atoms with E-state index >= 15 is 0 Å². The van der Waals surface area contributed by atoms with Crippen molar-refractivity contribution in [3.8, 4) is 0 Å². The van der Waals surface area contributed by atoms with Crippen LogP contribution in [-0.2, 0) is 19.6 Å². The van der Waals surface area contributed by atoms with Crippen LogP contribution in [0.15, 0.2) is 29.2 Å². The molecule has 1 saturated carbocycles. The van der Waals surface area contributed by atoms with Crippen LogP contribution in [0.1, 0.15) is 69.7 Å². The smallest absolute Gasteiger partial charge is 0.338 e. The minimum Gasteiger partial charge on any atom is -0.452 e. The maximum Gasteiger partial charge on any atom is 0.338 e. The van der Waals surface area contributed by atoms with Crippen molar-refractivity contribution in [1.82, 2.24) is 9.21 Å². The number of nitrogens with zero attached hydrogens (tertiary/aromatic N) is 2. The topological polar surface area (TPSA) is 84.0 Å². The summed E-state index contributed by atoms with van der Waals surface area (Å²) in [5.74, 6) is -0.886. The largest absolute Gasteiger partial charge is 0.452 e. The van der Waals surface area contributed by atoms with Gasteiger partial charge in [-0.05, 0) is 67.6 Å². The van der Waals surface area contributed by atoms with E-state index in [0.717, 1.165) is 38.5 Å². The molecule has 2 unspecified atom stereocenters. The summed E-state index contributed by atoms with van der Waals surface area (Å²) in [7, 11) is -3.74. The molecule has 3 aliphatic rings. The van der Waals surface area contributed by atoms with Crippen LogP contribution in [0.4, 0.5) is 0 Å². The summed E-state index contributed by atoms with van der Waals surface area (Å²) in [6.45, 7) is 8.14. The quantitative estimate of drug-likeness (QED) is 0.626. The maximum atomic E-state index is 13.5. The van der Waals surface area contributed by atoms with Gasteiger partial charge in [0.15, 0.2) is 6.61 Å². The summed E-state index contributed by atoms with van der Waals surface area (Å²) in [6, 6.07) is 5.97. The molecule has 2 saturated heterocycles. The van der Waals surface area contributed by atoms with E-state index in [1.165, 1.54) is 18.2 Å². The van der Waals surface area contributed by atoms with Crippen LogP contribution in [0.2, 0.25) is 0 Å². The van der Waals surface area contributed by atoms with Gasteiger partial charge in [0, 0.05) is 25.7 Å². The zero-order valence-corrected chi connectivity index (χ0v) is 20.1. The summed E-state index contributed by atoms with van der Waals surface area (Å²) in [5.41, 5.74) is 0.227. The monoisotopic (exact) mass is 462 g/mol. The van der Waals surface area contributed by atoms with Gasteiger partial charge in [-0.1, -0.05) is 26.8 Å². The van der Waals surface area contributed by atoms with Gasteiger partial charge in [-0.25, -0.2) is 13.2 Å². The fourth-order valence-electron chi connectivity index (χ4n) is 6.05. The first-order valence-electron chi connectivity index (χ1n) is 11.6. The number of fused-ring (bicyclic) bond motifs is 2. The maximum absolute atomic E-state index is 13.5. The fourth-order valence-corrected chi connectivity index (χ4v) is 7.87. The SMILES string of the molecule is CC1(C)CC2CC(C)(CN2S(=O)(=O)c2cccc(C(=O)OCC(=O)N3CCCCC3)c2)C1. The molecule has 2 atom stereocenters. The molecule has 0 spiro atoms. The van der Waals surface area contributed by atoms with Gasteiger partial charge in [0.2, 0.25) is 10.0 Å². The first-order valence-corrected chi connectivity index (χ1v) is 13.0. The number of hydrogen-bond donors (Lipinski definition) is 0. The Bertz CT molecular complexity index is 999. The number of hydrogen-bond acceptors (Lipinski definition) is 5. The Labute approximate surface area is 191 Å². The first-order chi connectivity index (χ1) is 15.0. The lowest BCUT2D eigenvalue weighted by Crippen LogP contribution is -2.38. The zero-order chi connectivity index (χ0) is 23.1. The molecule has 1 aliphatic carbocycles. The molecule has 2 bridgehead atoms. The number of rotatable bonds is 5. The second-order valence-electron chi connectivity index (χ2n) is 10.8. The molecule has 32 heavy (non-hydrogen) atoms. The molecular weight excluding hydrogens is 428 g/mol. The molecule has 0 radical (unpaired) electrons. The Balaban J connectivity index is 1.46. The van der Waals surface area contributed by atoms with Crippen molar-refractivity contribution in [1.29, 1.82) is 0 Å². The van der Waals surface area contributed by atoms with E-state index in [0.29, 0.717) is 19.6 Å². The van der Waals surface area contributed by atoms with Gasteiger partial charge >= 0.3 is 5.97 Å². The molecule has 176 valence electrons. The van der Waals surface area contributed by atoms with E-state index in [4.69, 9.17) is 4.74 Å². The van der Waals surface area contributed by atoms with Crippen molar-refractivity contribution in [3.63, 3.8) is 0 Å². The Morgan fingerprint density at radius 3 is 2.53 bits per heavy atom. The number of esters is 1. The number of sulfonamides is 1. The molecule has 2 aliphatic heterocycles. The van der Waals surface area contributed by atoms with Gasteiger partial charge in [0.1, 0.15) is 0 Å². The number of ether oxygens (including phenoxy) is 1. The lowest BCUT2D eigenvalue weighted by molar-refractivity contribution is -0.135. The molecule has 1 amide bonds. The van der Waals surface area contributed by atoms with Crippen LogP contribution in [0.5, 0.6) is 0 Å². The van der Waals surface area contributed by atoms with Crippen LogP contribution in [-0.4, -0.2) is 61.8 Å². The van der Waals surface area contributed by atoms with Crippen molar-refractivity contribution < 1.29 is 22.7 Å². The highest BCUT2D eigenvalue weighted by Gasteiger charge is 2.53. The number of likely N-dealkylation sites (tertiary alicyclic amines) is 1. The molecule has 1 aromatic carbocycles. The normalized spacial score (nSPS) is 27.8. The van der Waals surface area contributed by atoms with Gasteiger partial charge in [0.25, 0.3) is 5.91 Å². The van der Waals surface area contributed by atoms with E-state index in [2.05, 4.69) is 20.8 Å². The van der Waals surface area contributed by atoms with Crippen LogP contribution in [0, 0.1) is 10.8 Å². The van der Waals surface area contributed by atoms with Crippen LogP contribution >= 0.6 is 0 Å². The number of carbonyl (C=O) groups excluding carboxylic acids is 2. The molecule has 2 heterocycles. The van der Waals surface area contributed by atoms with Crippen molar-refractivity contribution >= 4 is 21.9 Å². The van der Waals surface area contributed by atoms with Crippen molar-refractivity contribution in [2.45, 2.75) is 70.2 Å². The Morgan fingerprint density at radius 1 is 1.09 bits per heavy atom. The molecule has 1 aromatic rings. The highest BCUT2D eigenvalue weighted by atomic mass is 32.2. The predicted octanol–water partition coefficient (Wildman–Crippen LogP) is 3.45. The Kier molecular flexibility index (Phi) is 6.13. The van der Waals surface area contributed by atoms with Crippen LogP contribution in [0.25, 0.3) is 0 Å². The minimum atomic E-state index is -3.74. The lowest BCUT2D eigenvalue weighted by atomic mass is 9.65. The van der Waals surface area contributed by atoms with Gasteiger partial charge in [-0.15, -0.1) is 0 Å². The molecule has 7 nitrogen and oxygen atoms in total. The number of amides is 1. The molecule has 4 rings (SSSR count). The Hall–Kier alpha value is -1.93. The first kappa shape index (κ1) is 23.2. The van der Waals surface area contributed by atoms with Gasteiger partial charge < -0.3 is 9.64 Å². The number of benzene rings is 1. The third-order valence-electron chi connectivity index (χ3n) is 7.08. The van der Waals surface area contributed by atoms with E-state index in [-0.39, 0.29) is 39.8 Å². The van der Waals surface area contributed by atoms with Crippen molar-refractivity contribution in [3.05, 3.63) is 29.8 Å². The van der Waals surface area contributed by atoms with Crippen LogP contribution < -0.4 is 0 Å². The van der Waals surface area contributed by atoms with E-state index in [9.17, 15) is 18.0 Å². The zero-order valence-electron chi connectivity index (χ0n) is 19.3. The van der Waals surface area contributed by atoms with Crippen LogP contribution in [0.3, 0.4) is 0 Å². The minimum absolute atomic E-state index is 0.0217. The second-order valence-corrected chi connectivity index (χ2v) is 12.7. The highest BCUT2D eigenvalue weighted by molar-refractivity contribution is 7.89. The van der Waals surface area contributed by atoms with Gasteiger partial charge in [-0.3, -0.25) is 4.79 Å². The molecule has 0 N–H and O–H groups in total. The van der Waals surface area contributed by atoms with E-state index in [1.807, 2.05) is 0 Å². The molecule has 8 heteroatoms. The molecule has 3 fully saturated rings. The number of carbonyl (C=O) groups is 2. The lowest BCUT2D eigenvalue weighted by Gasteiger charge is -2.39. The van der Waals surface area contributed by atoms with E-state index < -0.39 is 16.0 Å². The third kappa shape index (κ3) is 4.71. The van der Waals surface area contributed by atoms with E-state index in [1.54, 1.807) is 15.3 Å². The second kappa shape index (κ2) is 8.45. The highest BCUT2D eigenvalue weighted by Crippen LogP contribution is 2.53. The fraction of sp³-hybridized carbons (Fsp3) is 0.667. The van der Waals surface area contributed by atoms with Crippen molar-refractivity contribution in [2.24, 2.45) is 10.8 Å². The molecule has 0 aromatic heterocycles. The average molecular weight is 463 g/mol. The van der Waals surface area contributed by atoms with Gasteiger partial charge in [0.05, 0.1) is 10.5 Å². The summed E-state index contributed by atoms with van der Waals surface area (Å²) < 4.78 is 33.8. The summed E-state index contributed by atoms with van der Waals surface area (Å²) >= 11 is 0. The number of piperidine rings is 1. The average Bonchev–Trinajstić information content (AvgIpc) is 3.01. The summed E-state index contributed by atoms with van der Waals surface area (Å²) in [4.78, 5) is 26.6. The summed E-state index contributed by atoms with van der Waals surface area (Å²) in [5, 5.41) is 0.